The largest absolute Gasteiger partial charge is 0.329 e. The maximum atomic E-state index is 5.59. The SMILES string of the molecule is NCCN1CCC(CN2CCCCC2)CC1. The van der Waals surface area contributed by atoms with E-state index in [1.54, 1.807) is 0 Å². The number of likely N-dealkylation sites (tertiary alicyclic amines) is 2. The number of rotatable bonds is 4. The average Bonchev–Trinajstić information content (AvgIpc) is 2.33. The monoisotopic (exact) mass is 225 g/mol. The number of nitrogens with zero attached hydrogens (tertiary/aromatic N) is 2. The topological polar surface area (TPSA) is 32.5 Å². The first kappa shape index (κ1) is 12.3. The van der Waals surface area contributed by atoms with Crippen molar-refractivity contribution in [3.8, 4) is 0 Å². The van der Waals surface area contributed by atoms with Crippen LogP contribution >= 0.6 is 0 Å². The lowest BCUT2D eigenvalue weighted by molar-refractivity contribution is 0.133. The Balaban J connectivity index is 1.64. The van der Waals surface area contributed by atoms with Gasteiger partial charge in [0.2, 0.25) is 0 Å². The summed E-state index contributed by atoms with van der Waals surface area (Å²) in [6, 6.07) is 0. The maximum absolute atomic E-state index is 5.59. The fourth-order valence-corrected chi connectivity index (χ4v) is 3.08. The summed E-state index contributed by atoms with van der Waals surface area (Å²) in [5, 5.41) is 0. The highest BCUT2D eigenvalue weighted by molar-refractivity contribution is 4.76. The van der Waals surface area contributed by atoms with Crippen LogP contribution in [0.25, 0.3) is 0 Å². The normalized spacial score (nSPS) is 26.1. The molecule has 2 aliphatic heterocycles. The van der Waals surface area contributed by atoms with Crippen LogP contribution in [0.5, 0.6) is 0 Å². The number of piperidine rings is 2. The van der Waals surface area contributed by atoms with Crippen molar-refractivity contribution < 1.29 is 0 Å². The van der Waals surface area contributed by atoms with Gasteiger partial charge in [-0.05, 0) is 57.8 Å². The molecule has 0 aliphatic carbocycles. The van der Waals surface area contributed by atoms with E-state index in [-0.39, 0.29) is 0 Å². The van der Waals surface area contributed by atoms with E-state index in [0.717, 1.165) is 19.0 Å². The predicted octanol–water partition coefficient (Wildman–Crippen LogP) is 1.14. The van der Waals surface area contributed by atoms with E-state index >= 15 is 0 Å². The van der Waals surface area contributed by atoms with Crippen LogP contribution < -0.4 is 5.73 Å². The van der Waals surface area contributed by atoms with E-state index in [0.29, 0.717) is 0 Å². The lowest BCUT2D eigenvalue weighted by Gasteiger charge is -2.35. The van der Waals surface area contributed by atoms with Gasteiger partial charge in [0.15, 0.2) is 0 Å². The van der Waals surface area contributed by atoms with Gasteiger partial charge in [-0.2, -0.15) is 0 Å². The van der Waals surface area contributed by atoms with Crippen LogP contribution in [-0.2, 0) is 0 Å². The van der Waals surface area contributed by atoms with Crippen LogP contribution in [0.15, 0.2) is 0 Å². The van der Waals surface area contributed by atoms with E-state index in [4.69, 9.17) is 5.73 Å². The molecule has 0 unspecified atom stereocenters. The van der Waals surface area contributed by atoms with Gasteiger partial charge in [0.1, 0.15) is 0 Å². The van der Waals surface area contributed by atoms with Crippen molar-refractivity contribution in [2.45, 2.75) is 32.1 Å². The molecule has 2 saturated heterocycles. The van der Waals surface area contributed by atoms with Gasteiger partial charge in [0.05, 0.1) is 0 Å². The highest BCUT2D eigenvalue weighted by Crippen LogP contribution is 2.20. The molecule has 0 amide bonds. The van der Waals surface area contributed by atoms with Gasteiger partial charge >= 0.3 is 0 Å². The van der Waals surface area contributed by atoms with Gasteiger partial charge in [-0.25, -0.2) is 0 Å². The molecule has 2 rings (SSSR count). The second kappa shape index (κ2) is 6.58. The number of hydrogen-bond acceptors (Lipinski definition) is 3. The molecule has 2 heterocycles. The third-order valence-electron chi connectivity index (χ3n) is 4.12. The van der Waals surface area contributed by atoms with Crippen molar-refractivity contribution >= 4 is 0 Å². The molecular formula is C13H27N3. The van der Waals surface area contributed by atoms with Crippen molar-refractivity contribution in [2.75, 3.05) is 45.8 Å². The molecule has 0 aromatic rings. The van der Waals surface area contributed by atoms with E-state index in [1.807, 2.05) is 0 Å². The van der Waals surface area contributed by atoms with Gasteiger partial charge in [-0.1, -0.05) is 6.42 Å². The first-order chi connectivity index (χ1) is 7.88. The summed E-state index contributed by atoms with van der Waals surface area (Å²) in [6.45, 7) is 8.52. The van der Waals surface area contributed by atoms with Crippen molar-refractivity contribution in [1.82, 2.24) is 9.80 Å². The summed E-state index contributed by atoms with van der Waals surface area (Å²) in [4.78, 5) is 5.21. The molecule has 0 spiro atoms. The molecule has 0 atom stereocenters. The molecule has 2 fully saturated rings. The van der Waals surface area contributed by atoms with Crippen molar-refractivity contribution in [2.24, 2.45) is 11.7 Å². The summed E-state index contributed by atoms with van der Waals surface area (Å²) in [5.41, 5.74) is 5.59. The van der Waals surface area contributed by atoms with E-state index in [1.165, 1.54) is 64.8 Å². The quantitative estimate of drug-likeness (QED) is 0.779. The lowest BCUT2D eigenvalue weighted by atomic mass is 9.95. The van der Waals surface area contributed by atoms with Crippen LogP contribution in [-0.4, -0.2) is 55.6 Å². The van der Waals surface area contributed by atoms with Crippen LogP contribution in [0.3, 0.4) is 0 Å². The Bertz CT molecular complexity index is 182. The zero-order valence-corrected chi connectivity index (χ0v) is 10.5. The summed E-state index contributed by atoms with van der Waals surface area (Å²) in [7, 11) is 0. The van der Waals surface area contributed by atoms with Gasteiger partial charge in [0.25, 0.3) is 0 Å². The lowest BCUT2D eigenvalue weighted by Crippen LogP contribution is -2.41. The molecule has 2 N–H and O–H groups in total. The van der Waals surface area contributed by atoms with Crippen molar-refractivity contribution in [3.05, 3.63) is 0 Å². The predicted molar refractivity (Wildman–Crippen MR) is 68.5 cm³/mol. The van der Waals surface area contributed by atoms with Crippen molar-refractivity contribution in [3.63, 3.8) is 0 Å². The molecule has 16 heavy (non-hydrogen) atoms. The highest BCUT2D eigenvalue weighted by atomic mass is 15.2. The third-order valence-corrected chi connectivity index (χ3v) is 4.12. The molecule has 0 saturated carbocycles. The average molecular weight is 225 g/mol. The molecule has 0 aromatic carbocycles. The molecule has 0 radical (unpaired) electrons. The van der Waals surface area contributed by atoms with E-state index in [9.17, 15) is 0 Å². The summed E-state index contributed by atoms with van der Waals surface area (Å²) >= 11 is 0. The first-order valence-corrected chi connectivity index (χ1v) is 7.03. The molecular weight excluding hydrogens is 198 g/mol. The highest BCUT2D eigenvalue weighted by Gasteiger charge is 2.21. The molecule has 0 bridgehead atoms. The minimum absolute atomic E-state index is 0.816. The zero-order valence-electron chi connectivity index (χ0n) is 10.5. The summed E-state index contributed by atoms with van der Waals surface area (Å²) in [5.74, 6) is 0.951. The van der Waals surface area contributed by atoms with E-state index in [2.05, 4.69) is 9.80 Å². The Kier molecular flexibility index (Phi) is 5.07. The Hall–Kier alpha value is -0.120. The van der Waals surface area contributed by atoms with Crippen LogP contribution in [0.2, 0.25) is 0 Å². The molecule has 3 nitrogen and oxygen atoms in total. The zero-order chi connectivity index (χ0) is 11.2. The smallest absolute Gasteiger partial charge is 0.0105 e. The standard InChI is InChI=1S/C13H27N3/c14-6-11-15-9-4-13(5-10-15)12-16-7-2-1-3-8-16/h13H,1-12,14H2. The summed E-state index contributed by atoms with van der Waals surface area (Å²) in [6.07, 6.45) is 7.07. The van der Waals surface area contributed by atoms with Crippen LogP contribution in [0.1, 0.15) is 32.1 Å². The second-order valence-corrected chi connectivity index (χ2v) is 5.43. The molecule has 0 aromatic heterocycles. The fourth-order valence-electron chi connectivity index (χ4n) is 3.08. The fraction of sp³-hybridized carbons (Fsp3) is 1.00. The van der Waals surface area contributed by atoms with Gasteiger partial charge in [0, 0.05) is 19.6 Å². The molecule has 94 valence electrons. The Morgan fingerprint density at radius 1 is 0.875 bits per heavy atom. The van der Waals surface area contributed by atoms with Gasteiger partial charge in [-0.3, -0.25) is 0 Å². The van der Waals surface area contributed by atoms with Gasteiger partial charge < -0.3 is 15.5 Å². The van der Waals surface area contributed by atoms with Gasteiger partial charge in [-0.15, -0.1) is 0 Å². The van der Waals surface area contributed by atoms with Crippen LogP contribution in [0.4, 0.5) is 0 Å². The van der Waals surface area contributed by atoms with Crippen LogP contribution in [0, 0.1) is 5.92 Å². The maximum Gasteiger partial charge on any atom is 0.0105 e. The third kappa shape index (κ3) is 3.72. The number of hydrogen-bond donors (Lipinski definition) is 1. The second-order valence-electron chi connectivity index (χ2n) is 5.43. The Morgan fingerprint density at radius 2 is 1.56 bits per heavy atom. The number of nitrogens with two attached hydrogens (primary N) is 1. The summed E-state index contributed by atoms with van der Waals surface area (Å²) < 4.78 is 0. The van der Waals surface area contributed by atoms with Crippen molar-refractivity contribution in [1.29, 1.82) is 0 Å². The Morgan fingerprint density at radius 3 is 2.19 bits per heavy atom. The minimum Gasteiger partial charge on any atom is -0.329 e. The first-order valence-electron chi connectivity index (χ1n) is 7.03. The van der Waals surface area contributed by atoms with E-state index < -0.39 is 0 Å². The molecule has 2 aliphatic rings. The minimum atomic E-state index is 0.816. The Labute approximate surface area is 100.0 Å². The molecule has 3 heteroatoms.